The van der Waals surface area contributed by atoms with Crippen LogP contribution < -0.4 is 14.8 Å². The SMILES string of the molecule is COc1ccc(C(=O)Nc2ccc(Cl)c(C(F)(F)F)c2)cc1S(=O)(=O)NC1CCCC1. The molecule has 0 bridgehead atoms. The Bertz CT molecular complexity index is 1080. The Balaban J connectivity index is 1.88. The molecular formula is C20H20ClF3N2O4S. The van der Waals surface area contributed by atoms with E-state index in [1.807, 2.05) is 0 Å². The second-order valence-electron chi connectivity index (χ2n) is 7.11. The highest BCUT2D eigenvalue weighted by Crippen LogP contribution is 2.36. The number of ether oxygens (including phenoxy) is 1. The third-order valence-electron chi connectivity index (χ3n) is 4.92. The van der Waals surface area contributed by atoms with Crippen molar-refractivity contribution in [3.05, 3.63) is 52.5 Å². The van der Waals surface area contributed by atoms with Crippen LogP contribution in [0, 0.1) is 0 Å². The van der Waals surface area contributed by atoms with Gasteiger partial charge in [0.15, 0.2) is 0 Å². The number of hydrogen-bond donors (Lipinski definition) is 2. The highest BCUT2D eigenvalue weighted by atomic mass is 35.5. The largest absolute Gasteiger partial charge is 0.495 e. The van der Waals surface area contributed by atoms with E-state index in [9.17, 15) is 26.4 Å². The zero-order valence-electron chi connectivity index (χ0n) is 16.4. The van der Waals surface area contributed by atoms with Crippen molar-refractivity contribution in [1.29, 1.82) is 0 Å². The minimum absolute atomic E-state index is 0.0490. The van der Waals surface area contributed by atoms with E-state index in [-0.39, 0.29) is 27.9 Å². The maximum atomic E-state index is 13.0. The molecule has 1 saturated carbocycles. The zero-order chi connectivity index (χ0) is 22.8. The van der Waals surface area contributed by atoms with E-state index in [2.05, 4.69) is 10.0 Å². The molecule has 1 fully saturated rings. The number of amides is 1. The summed E-state index contributed by atoms with van der Waals surface area (Å²) in [7, 11) is -2.67. The molecule has 6 nitrogen and oxygen atoms in total. The van der Waals surface area contributed by atoms with E-state index in [4.69, 9.17) is 16.3 Å². The summed E-state index contributed by atoms with van der Waals surface area (Å²) >= 11 is 5.59. The average molecular weight is 477 g/mol. The normalized spacial score (nSPS) is 15.1. The number of halogens is 4. The maximum absolute atomic E-state index is 13.0. The highest BCUT2D eigenvalue weighted by molar-refractivity contribution is 7.89. The fraction of sp³-hybridized carbons (Fsp3) is 0.350. The van der Waals surface area contributed by atoms with Gasteiger partial charge in [0, 0.05) is 17.3 Å². The molecule has 2 aromatic rings. The lowest BCUT2D eigenvalue weighted by Crippen LogP contribution is -2.33. The van der Waals surface area contributed by atoms with Crippen LogP contribution in [0.3, 0.4) is 0 Å². The Morgan fingerprint density at radius 3 is 2.42 bits per heavy atom. The van der Waals surface area contributed by atoms with E-state index >= 15 is 0 Å². The molecule has 2 N–H and O–H groups in total. The molecule has 1 aliphatic rings. The third kappa shape index (κ3) is 5.50. The summed E-state index contributed by atoms with van der Waals surface area (Å²) in [6, 6.07) is 6.54. The summed E-state index contributed by atoms with van der Waals surface area (Å²) < 4.78 is 72.5. The van der Waals surface area contributed by atoms with E-state index in [0.29, 0.717) is 6.07 Å². The van der Waals surface area contributed by atoms with E-state index < -0.39 is 32.7 Å². The first kappa shape index (κ1) is 23.4. The molecule has 1 amide bonds. The molecule has 168 valence electrons. The van der Waals surface area contributed by atoms with Gasteiger partial charge in [0.1, 0.15) is 10.6 Å². The molecule has 0 spiro atoms. The number of hydrogen-bond acceptors (Lipinski definition) is 4. The molecule has 0 aromatic heterocycles. The molecule has 0 saturated heterocycles. The van der Waals surface area contributed by atoms with Gasteiger partial charge in [-0.25, -0.2) is 13.1 Å². The average Bonchev–Trinajstić information content (AvgIpc) is 3.20. The lowest BCUT2D eigenvalue weighted by atomic mass is 10.1. The van der Waals surface area contributed by atoms with Crippen molar-refractivity contribution >= 4 is 33.2 Å². The fourth-order valence-corrected chi connectivity index (χ4v) is 5.10. The second kappa shape index (κ2) is 9.05. The zero-order valence-corrected chi connectivity index (χ0v) is 18.0. The molecule has 0 unspecified atom stereocenters. The van der Waals surface area contributed by atoms with Gasteiger partial charge in [-0.05, 0) is 49.2 Å². The molecule has 0 radical (unpaired) electrons. The number of rotatable bonds is 6. The van der Waals surface area contributed by atoms with E-state index in [0.717, 1.165) is 37.8 Å². The first-order valence-corrected chi connectivity index (χ1v) is 11.3. The minimum Gasteiger partial charge on any atom is -0.495 e. The van der Waals surface area contributed by atoms with Crippen LogP contribution in [0.1, 0.15) is 41.6 Å². The van der Waals surface area contributed by atoms with E-state index in [1.54, 1.807) is 0 Å². The number of carbonyl (C=O) groups excluding carboxylic acids is 1. The van der Waals surface area contributed by atoms with Gasteiger partial charge in [0.25, 0.3) is 5.91 Å². The Morgan fingerprint density at radius 2 is 1.81 bits per heavy atom. The quantitative estimate of drug-likeness (QED) is 0.624. The van der Waals surface area contributed by atoms with Crippen LogP contribution in [0.4, 0.5) is 18.9 Å². The monoisotopic (exact) mass is 476 g/mol. The predicted molar refractivity (Wildman–Crippen MR) is 110 cm³/mol. The smallest absolute Gasteiger partial charge is 0.417 e. The third-order valence-corrected chi connectivity index (χ3v) is 6.79. The Kier molecular flexibility index (Phi) is 6.82. The van der Waals surface area contributed by atoms with Crippen molar-refractivity contribution in [2.75, 3.05) is 12.4 Å². The lowest BCUT2D eigenvalue weighted by Gasteiger charge is -2.16. The fourth-order valence-electron chi connectivity index (χ4n) is 3.38. The van der Waals surface area contributed by atoms with Gasteiger partial charge in [0.05, 0.1) is 17.7 Å². The standard InChI is InChI=1S/C20H20ClF3N2O4S/c1-30-17-9-6-12(10-18(17)31(28,29)26-13-4-2-3-5-13)19(27)25-14-7-8-16(21)15(11-14)20(22,23)24/h6-11,13,26H,2-5H2,1H3,(H,25,27). The van der Waals surface area contributed by atoms with Crippen molar-refractivity contribution in [1.82, 2.24) is 4.72 Å². The Hall–Kier alpha value is -2.30. The number of methoxy groups -OCH3 is 1. The van der Waals surface area contributed by atoms with Gasteiger partial charge in [0.2, 0.25) is 10.0 Å². The predicted octanol–water partition coefficient (Wildman–Crippen LogP) is 4.84. The van der Waals surface area contributed by atoms with Crippen LogP contribution in [-0.4, -0.2) is 27.5 Å². The minimum atomic E-state index is -4.69. The van der Waals surface area contributed by atoms with Crippen molar-refractivity contribution in [3.8, 4) is 5.75 Å². The molecule has 0 heterocycles. The van der Waals surface area contributed by atoms with Crippen molar-refractivity contribution < 1.29 is 31.1 Å². The van der Waals surface area contributed by atoms with E-state index in [1.165, 1.54) is 25.3 Å². The Labute approximate surface area is 182 Å². The summed E-state index contributed by atoms with van der Waals surface area (Å²) in [6.45, 7) is 0. The molecule has 31 heavy (non-hydrogen) atoms. The number of anilines is 1. The summed E-state index contributed by atoms with van der Waals surface area (Å²) in [5, 5.41) is 1.83. The first-order chi connectivity index (χ1) is 14.5. The van der Waals surface area contributed by atoms with Crippen LogP contribution in [0.15, 0.2) is 41.3 Å². The molecule has 0 atom stereocenters. The van der Waals surface area contributed by atoms with Crippen molar-refractivity contribution in [2.24, 2.45) is 0 Å². The van der Waals surface area contributed by atoms with Crippen LogP contribution in [0.2, 0.25) is 5.02 Å². The van der Waals surface area contributed by atoms with Crippen LogP contribution in [0.25, 0.3) is 0 Å². The summed E-state index contributed by atoms with van der Waals surface area (Å²) in [6.07, 6.45) is -1.40. The van der Waals surface area contributed by atoms with Gasteiger partial charge in [-0.2, -0.15) is 13.2 Å². The van der Waals surface area contributed by atoms with Gasteiger partial charge >= 0.3 is 6.18 Å². The number of sulfonamides is 1. The first-order valence-electron chi connectivity index (χ1n) is 9.40. The highest BCUT2D eigenvalue weighted by Gasteiger charge is 2.33. The van der Waals surface area contributed by atoms with Gasteiger partial charge in [-0.1, -0.05) is 24.4 Å². The van der Waals surface area contributed by atoms with Gasteiger partial charge < -0.3 is 10.1 Å². The summed E-state index contributed by atoms with van der Waals surface area (Å²) in [4.78, 5) is 12.4. The lowest BCUT2D eigenvalue weighted by molar-refractivity contribution is -0.137. The summed E-state index contributed by atoms with van der Waals surface area (Å²) in [5.74, 6) is -0.733. The van der Waals surface area contributed by atoms with Crippen LogP contribution >= 0.6 is 11.6 Å². The van der Waals surface area contributed by atoms with Crippen LogP contribution in [0.5, 0.6) is 5.75 Å². The second-order valence-corrected chi connectivity index (χ2v) is 9.20. The molecular weight excluding hydrogens is 457 g/mol. The Morgan fingerprint density at radius 1 is 1.13 bits per heavy atom. The number of benzene rings is 2. The number of carbonyl (C=O) groups is 1. The van der Waals surface area contributed by atoms with Gasteiger partial charge in [-0.15, -0.1) is 0 Å². The van der Waals surface area contributed by atoms with Crippen molar-refractivity contribution in [3.63, 3.8) is 0 Å². The number of alkyl halides is 3. The topological polar surface area (TPSA) is 84.5 Å². The molecule has 3 rings (SSSR count). The molecule has 11 heteroatoms. The van der Waals surface area contributed by atoms with Crippen LogP contribution in [-0.2, 0) is 16.2 Å². The number of nitrogens with one attached hydrogen (secondary N) is 2. The summed E-state index contributed by atoms with van der Waals surface area (Å²) in [5.41, 5.74) is -1.28. The maximum Gasteiger partial charge on any atom is 0.417 e. The van der Waals surface area contributed by atoms with Crippen molar-refractivity contribution in [2.45, 2.75) is 42.8 Å². The molecule has 2 aromatic carbocycles. The molecule has 1 aliphatic carbocycles. The molecule has 0 aliphatic heterocycles. The van der Waals surface area contributed by atoms with Gasteiger partial charge in [-0.3, -0.25) is 4.79 Å².